The van der Waals surface area contributed by atoms with Crippen LogP contribution < -0.4 is 15.5 Å². The zero-order chi connectivity index (χ0) is 18.6. The van der Waals surface area contributed by atoms with Crippen LogP contribution in [0.15, 0.2) is 23.3 Å². The third kappa shape index (κ3) is 8.64. The van der Waals surface area contributed by atoms with Gasteiger partial charge in [0.05, 0.1) is 6.54 Å². The number of anilines is 1. The van der Waals surface area contributed by atoms with Crippen LogP contribution in [0.25, 0.3) is 0 Å². The molecule has 1 saturated heterocycles. The molecular formula is C20H37IN6. The standard InChI is InChI=1S/C20H36N6.HI/c1-4-21-20(22-12-15-25-13-8-7-9-14-25)24-17-18-10-11-19(23-16-18)26(5-2)6-3;/h10-11,16H,4-9,12-15,17H2,1-3H3,(H2,21,22,24);1H. The Hall–Kier alpha value is -1.09. The van der Waals surface area contributed by atoms with E-state index < -0.39 is 0 Å². The summed E-state index contributed by atoms with van der Waals surface area (Å²) in [6.45, 7) is 14.4. The Balaban J connectivity index is 0.00000364. The van der Waals surface area contributed by atoms with E-state index in [0.29, 0.717) is 6.54 Å². The van der Waals surface area contributed by atoms with E-state index >= 15 is 0 Å². The Labute approximate surface area is 182 Å². The van der Waals surface area contributed by atoms with Crippen molar-refractivity contribution in [1.82, 2.24) is 20.5 Å². The molecule has 6 nitrogen and oxygen atoms in total. The summed E-state index contributed by atoms with van der Waals surface area (Å²) >= 11 is 0. The number of likely N-dealkylation sites (tertiary alicyclic amines) is 1. The molecular weight excluding hydrogens is 451 g/mol. The molecule has 0 amide bonds. The number of nitrogens with zero attached hydrogens (tertiary/aromatic N) is 4. The van der Waals surface area contributed by atoms with Crippen molar-refractivity contribution in [3.63, 3.8) is 0 Å². The molecule has 2 rings (SSSR count). The highest BCUT2D eigenvalue weighted by molar-refractivity contribution is 14.0. The van der Waals surface area contributed by atoms with Gasteiger partial charge in [0.1, 0.15) is 5.82 Å². The lowest BCUT2D eigenvalue weighted by molar-refractivity contribution is 0.232. The fraction of sp³-hybridized carbons (Fsp3) is 0.700. The van der Waals surface area contributed by atoms with E-state index in [1.807, 2.05) is 6.20 Å². The predicted molar refractivity (Wildman–Crippen MR) is 126 cm³/mol. The quantitative estimate of drug-likeness (QED) is 0.318. The van der Waals surface area contributed by atoms with Crippen molar-refractivity contribution >= 4 is 35.8 Å². The summed E-state index contributed by atoms with van der Waals surface area (Å²) in [7, 11) is 0. The first-order valence-corrected chi connectivity index (χ1v) is 10.2. The average Bonchev–Trinajstić information content (AvgIpc) is 2.69. The van der Waals surface area contributed by atoms with Crippen LogP contribution in [0.4, 0.5) is 5.82 Å². The number of hydrogen-bond acceptors (Lipinski definition) is 4. The van der Waals surface area contributed by atoms with Gasteiger partial charge in [0.25, 0.3) is 0 Å². The maximum atomic E-state index is 4.70. The molecule has 1 fully saturated rings. The molecule has 1 aliphatic heterocycles. The summed E-state index contributed by atoms with van der Waals surface area (Å²) < 4.78 is 0. The number of pyridine rings is 1. The highest BCUT2D eigenvalue weighted by Gasteiger charge is 2.09. The van der Waals surface area contributed by atoms with E-state index in [2.05, 4.69) is 58.3 Å². The molecule has 27 heavy (non-hydrogen) atoms. The zero-order valence-electron chi connectivity index (χ0n) is 17.2. The number of hydrogen-bond donors (Lipinski definition) is 2. The third-order valence-electron chi connectivity index (χ3n) is 4.83. The molecule has 0 radical (unpaired) electrons. The van der Waals surface area contributed by atoms with Gasteiger partial charge in [-0.1, -0.05) is 12.5 Å². The Morgan fingerprint density at radius 1 is 1.11 bits per heavy atom. The smallest absolute Gasteiger partial charge is 0.191 e. The monoisotopic (exact) mass is 488 g/mol. The minimum atomic E-state index is 0. The van der Waals surface area contributed by atoms with Crippen LogP contribution in [-0.4, -0.2) is 61.7 Å². The van der Waals surface area contributed by atoms with Crippen molar-refractivity contribution in [3.05, 3.63) is 23.9 Å². The highest BCUT2D eigenvalue weighted by atomic mass is 127. The first-order chi connectivity index (χ1) is 12.8. The van der Waals surface area contributed by atoms with Gasteiger partial charge in [0.2, 0.25) is 0 Å². The predicted octanol–water partition coefficient (Wildman–Crippen LogP) is 3.09. The molecule has 154 valence electrons. The minimum Gasteiger partial charge on any atom is -0.357 e. The first-order valence-electron chi connectivity index (χ1n) is 10.2. The maximum absolute atomic E-state index is 4.70. The van der Waals surface area contributed by atoms with Crippen molar-refractivity contribution in [1.29, 1.82) is 0 Å². The summed E-state index contributed by atoms with van der Waals surface area (Å²) in [5, 5.41) is 6.78. The van der Waals surface area contributed by atoms with Gasteiger partial charge in [-0.15, -0.1) is 24.0 Å². The lowest BCUT2D eigenvalue weighted by Gasteiger charge is -2.26. The fourth-order valence-corrected chi connectivity index (χ4v) is 3.27. The zero-order valence-corrected chi connectivity index (χ0v) is 19.5. The number of aromatic nitrogens is 1. The van der Waals surface area contributed by atoms with E-state index in [-0.39, 0.29) is 24.0 Å². The first kappa shape index (κ1) is 23.9. The van der Waals surface area contributed by atoms with Crippen molar-refractivity contribution in [2.24, 2.45) is 4.99 Å². The van der Waals surface area contributed by atoms with Crippen molar-refractivity contribution in [2.75, 3.05) is 50.7 Å². The molecule has 2 N–H and O–H groups in total. The fourth-order valence-electron chi connectivity index (χ4n) is 3.27. The van der Waals surface area contributed by atoms with Gasteiger partial charge in [-0.2, -0.15) is 0 Å². The molecule has 1 aromatic heterocycles. The maximum Gasteiger partial charge on any atom is 0.191 e. The summed E-state index contributed by atoms with van der Waals surface area (Å²) in [5.41, 5.74) is 1.13. The molecule has 1 aliphatic rings. The second-order valence-corrected chi connectivity index (χ2v) is 6.72. The molecule has 0 bridgehead atoms. The second kappa shape index (κ2) is 14.0. The Kier molecular flexibility index (Phi) is 12.4. The van der Waals surface area contributed by atoms with Crippen LogP contribution >= 0.6 is 24.0 Å². The van der Waals surface area contributed by atoms with E-state index in [1.165, 1.54) is 32.4 Å². The van der Waals surface area contributed by atoms with Crippen LogP contribution in [0.3, 0.4) is 0 Å². The van der Waals surface area contributed by atoms with Gasteiger partial charge >= 0.3 is 0 Å². The summed E-state index contributed by atoms with van der Waals surface area (Å²) in [6, 6.07) is 4.22. The van der Waals surface area contributed by atoms with Crippen LogP contribution in [-0.2, 0) is 6.54 Å². The lowest BCUT2D eigenvalue weighted by Crippen LogP contribution is -2.42. The molecule has 0 saturated carbocycles. The Morgan fingerprint density at radius 2 is 1.85 bits per heavy atom. The number of nitrogens with one attached hydrogen (secondary N) is 2. The highest BCUT2D eigenvalue weighted by Crippen LogP contribution is 2.11. The molecule has 1 aromatic rings. The van der Waals surface area contributed by atoms with Gasteiger partial charge in [0.15, 0.2) is 5.96 Å². The van der Waals surface area contributed by atoms with Crippen LogP contribution in [0.5, 0.6) is 0 Å². The van der Waals surface area contributed by atoms with E-state index in [0.717, 1.165) is 50.1 Å². The number of piperidine rings is 1. The van der Waals surface area contributed by atoms with E-state index in [1.54, 1.807) is 0 Å². The number of rotatable bonds is 9. The largest absolute Gasteiger partial charge is 0.357 e. The average molecular weight is 488 g/mol. The van der Waals surface area contributed by atoms with E-state index in [4.69, 9.17) is 4.99 Å². The third-order valence-corrected chi connectivity index (χ3v) is 4.83. The minimum absolute atomic E-state index is 0. The molecule has 0 atom stereocenters. The lowest BCUT2D eigenvalue weighted by atomic mass is 10.1. The molecule has 0 unspecified atom stereocenters. The van der Waals surface area contributed by atoms with Crippen LogP contribution in [0, 0.1) is 0 Å². The Bertz CT molecular complexity index is 524. The molecule has 2 heterocycles. The van der Waals surface area contributed by atoms with Crippen LogP contribution in [0.2, 0.25) is 0 Å². The van der Waals surface area contributed by atoms with Gasteiger partial charge in [-0.3, -0.25) is 0 Å². The van der Waals surface area contributed by atoms with Crippen molar-refractivity contribution in [2.45, 2.75) is 46.6 Å². The topological polar surface area (TPSA) is 55.8 Å². The van der Waals surface area contributed by atoms with E-state index in [9.17, 15) is 0 Å². The Morgan fingerprint density at radius 3 is 2.44 bits per heavy atom. The molecule has 7 heteroatoms. The number of halogens is 1. The summed E-state index contributed by atoms with van der Waals surface area (Å²) in [4.78, 5) is 14.1. The SMILES string of the molecule is CCNC(=NCc1ccc(N(CC)CC)nc1)NCCN1CCCCC1.I. The summed E-state index contributed by atoms with van der Waals surface area (Å²) in [5.74, 6) is 1.92. The van der Waals surface area contributed by atoms with Gasteiger partial charge in [0, 0.05) is 38.9 Å². The van der Waals surface area contributed by atoms with Crippen molar-refractivity contribution < 1.29 is 0 Å². The van der Waals surface area contributed by atoms with Crippen molar-refractivity contribution in [3.8, 4) is 0 Å². The molecule has 0 aliphatic carbocycles. The molecule has 0 aromatic carbocycles. The molecule has 0 spiro atoms. The van der Waals surface area contributed by atoms with Crippen LogP contribution in [0.1, 0.15) is 45.6 Å². The van der Waals surface area contributed by atoms with Gasteiger partial charge < -0.3 is 20.4 Å². The normalized spacial score (nSPS) is 15.1. The van der Waals surface area contributed by atoms with Gasteiger partial charge in [-0.25, -0.2) is 9.98 Å². The van der Waals surface area contributed by atoms with Gasteiger partial charge in [-0.05, 0) is 58.3 Å². The second-order valence-electron chi connectivity index (χ2n) is 6.72. The number of guanidine groups is 1. The number of aliphatic imine (C=N–C) groups is 1. The summed E-state index contributed by atoms with van der Waals surface area (Å²) in [6.07, 6.45) is 6.00.